The number of hydrogen-bond donors (Lipinski definition) is 0. The lowest BCUT2D eigenvalue weighted by molar-refractivity contribution is 0.612. The molecule has 138 valence electrons. The van der Waals surface area contributed by atoms with E-state index in [0.717, 1.165) is 30.8 Å². The van der Waals surface area contributed by atoms with Crippen LogP contribution in [0.1, 0.15) is 6.42 Å². The van der Waals surface area contributed by atoms with Crippen LogP contribution in [0.2, 0.25) is 0 Å². The third-order valence-electron chi connectivity index (χ3n) is 5.14. The van der Waals surface area contributed by atoms with E-state index in [1.165, 1.54) is 10.7 Å². The zero-order valence-electron chi connectivity index (χ0n) is 15.0. The van der Waals surface area contributed by atoms with Crippen LogP contribution in [0.15, 0.2) is 71.8 Å². The lowest BCUT2D eigenvalue weighted by Gasteiger charge is -2.33. The fourth-order valence-electron chi connectivity index (χ4n) is 3.47. The minimum absolute atomic E-state index is 0.252. The molecule has 0 amide bonds. The first-order chi connectivity index (χ1) is 13.7. The highest BCUT2D eigenvalue weighted by Crippen LogP contribution is 2.31. The summed E-state index contributed by atoms with van der Waals surface area (Å²) in [6.07, 6.45) is 4.40. The third kappa shape index (κ3) is 2.74. The van der Waals surface area contributed by atoms with Crippen molar-refractivity contribution >= 4 is 16.5 Å². The maximum absolute atomic E-state index is 14.5. The van der Waals surface area contributed by atoms with Crippen molar-refractivity contribution in [2.75, 3.05) is 18.0 Å². The van der Waals surface area contributed by atoms with E-state index in [2.05, 4.69) is 15.0 Å². The third-order valence-corrected chi connectivity index (χ3v) is 5.14. The van der Waals surface area contributed by atoms with Gasteiger partial charge in [0, 0.05) is 35.9 Å². The normalized spacial score (nSPS) is 13.5. The van der Waals surface area contributed by atoms with Crippen LogP contribution in [0.3, 0.4) is 0 Å². The van der Waals surface area contributed by atoms with Gasteiger partial charge in [0.15, 0.2) is 5.82 Å². The summed E-state index contributed by atoms with van der Waals surface area (Å²) >= 11 is 0. The largest absolute Gasteiger partial charge is 0.371 e. The molecular formula is C22H17FN4O. The summed E-state index contributed by atoms with van der Waals surface area (Å²) in [5.74, 6) is 0.185. The van der Waals surface area contributed by atoms with Gasteiger partial charge in [0.1, 0.15) is 5.82 Å². The van der Waals surface area contributed by atoms with E-state index in [1.807, 2.05) is 18.2 Å². The molecule has 1 aliphatic rings. The Morgan fingerprint density at radius 1 is 1.00 bits per heavy atom. The molecule has 4 aromatic rings. The van der Waals surface area contributed by atoms with Gasteiger partial charge in [0.25, 0.3) is 5.56 Å². The number of anilines is 1. The molecule has 1 aliphatic heterocycles. The lowest BCUT2D eigenvalue weighted by atomic mass is 10.0. The summed E-state index contributed by atoms with van der Waals surface area (Å²) in [5, 5.41) is 5.43. The highest BCUT2D eigenvalue weighted by atomic mass is 19.1. The predicted octanol–water partition coefficient (Wildman–Crippen LogP) is 3.80. The average Bonchev–Trinajstić information content (AvgIpc) is 2.69. The molecule has 0 atom stereocenters. The van der Waals surface area contributed by atoms with Crippen LogP contribution in [0.5, 0.6) is 0 Å². The van der Waals surface area contributed by atoms with Gasteiger partial charge in [-0.3, -0.25) is 4.79 Å². The Hall–Kier alpha value is -3.54. The van der Waals surface area contributed by atoms with Gasteiger partial charge in [-0.1, -0.05) is 12.1 Å². The predicted molar refractivity (Wildman–Crippen MR) is 107 cm³/mol. The molecule has 2 aromatic carbocycles. The lowest BCUT2D eigenvalue weighted by Crippen LogP contribution is -2.36. The van der Waals surface area contributed by atoms with Gasteiger partial charge in [-0.2, -0.15) is 9.78 Å². The second-order valence-electron chi connectivity index (χ2n) is 6.86. The Morgan fingerprint density at radius 2 is 1.89 bits per heavy atom. The Bertz CT molecular complexity index is 1230. The van der Waals surface area contributed by atoms with Gasteiger partial charge in [-0.15, -0.1) is 0 Å². The minimum atomic E-state index is -0.279. The van der Waals surface area contributed by atoms with Gasteiger partial charge in [-0.25, -0.2) is 9.37 Å². The zero-order chi connectivity index (χ0) is 19.1. The molecule has 0 bridgehead atoms. The standard InChI is InChI=1S/C22H17FN4O/c23-20-8-6-17(26-10-3-11-26)13-19(20)15-5-7-18-16(12-15)14-25-27(22(18)28)21-4-1-2-9-24-21/h1-2,4-9,12-14H,3,10-11H2. The quantitative estimate of drug-likeness (QED) is 0.549. The average molecular weight is 372 g/mol. The molecule has 3 heterocycles. The minimum Gasteiger partial charge on any atom is -0.371 e. The molecule has 0 radical (unpaired) electrons. The molecule has 2 aromatic heterocycles. The van der Waals surface area contributed by atoms with Crippen molar-refractivity contribution in [3.8, 4) is 16.9 Å². The number of aromatic nitrogens is 3. The fraction of sp³-hybridized carbons (Fsp3) is 0.136. The number of halogens is 1. The summed E-state index contributed by atoms with van der Waals surface area (Å²) in [6, 6.07) is 15.8. The molecule has 6 heteroatoms. The molecule has 5 rings (SSSR count). The van der Waals surface area contributed by atoms with Gasteiger partial charge in [-0.05, 0) is 54.4 Å². The molecule has 0 N–H and O–H groups in total. The van der Waals surface area contributed by atoms with Gasteiger partial charge >= 0.3 is 0 Å². The number of nitrogens with zero attached hydrogens (tertiary/aromatic N) is 4. The van der Waals surface area contributed by atoms with E-state index >= 15 is 0 Å². The van der Waals surface area contributed by atoms with Gasteiger partial charge in [0.05, 0.1) is 11.6 Å². The van der Waals surface area contributed by atoms with Crippen molar-refractivity contribution in [2.24, 2.45) is 0 Å². The molecular weight excluding hydrogens is 355 g/mol. The summed E-state index contributed by atoms with van der Waals surface area (Å²) in [5.41, 5.74) is 2.02. The molecule has 0 aliphatic carbocycles. The first-order valence-corrected chi connectivity index (χ1v) is 9.19. The van der Waals surface area contributed by atoms with Crippen LogP contribution in [-0.2, 0) is 0 Å². The van der Waals surface area contributed by atoms with E-state index in [0.29, 0.717) is 22.2 Å². The molecule has 0 saturated carbocycles. The number of fused-ring (bicyclic) bond motifs is 1. The molecule has 1 fully saturated rings. The van der Waals surface area contributed by atoms with Gasteiger partial charge in [0.2, 0.25) is 0 Å². The van der Waals surface area contributed by atoms with Crippen LogP contribution in [-0.4, -0.2) is 27.9 Å². The van der Waals surface area contributed by atoms with E-state index in [-0.39, 0.29) is 11.4 Å². The van der Waals surface area contributed by atoms with E-state index in [9.17, 15) is 9.18 Å². The van der Waals surface area contributed by atoms with Crippen LogP contribution in [0.25, 0.3) is 27.7 Å². The van der Waals surface area contributed by atoms with Crippen LogP contribution in [0, 0.1) is 5.82 Å². The van der Waals surface area contributed by atoms with Crippen LogP contribution >= 0.6 is 0 Å². The van der Waals surface area contributed by atoms with Crippen molar-refractivity contribution in [1.29, 1.82) is 0 Å². The first-order valence-electron chi connectivity index (χ1n) is 9.19. The van der Waals surface area contributed by atoms with E-state index in [1.54, 1.807) is 42.7 Å². The number of benzene rings is 2. The monoisotopic (exact) mass is 372 g/mol. The SMILES string of the molecule is O=c1c2ccc(-c3cc(N4CCC4)ccc3F)cc2cnn1-c1ccccn1. The van der Waals surface area contributed by atoms with Crippen molar-refractivity contribution < 1.29 is 4.39 Å². The Balaban J connectivity index is 1.61. The Morgan fingerprint density at radius 3 is 2.64 bits per heavy atom. The zero-order valence-corrected chi connectivity index (χ0v) is 15.0. The second-order valence-corrected chi connectivity index (χ2v) is 6.86. The van der Waals surface area contributed by atoms with Crippen LogP contribution in [0.4, 0.5) is 10.1 Å². The van der Waals surface area contributed by atoms with Gasteiger partial charge < -0.3 is 4.90 Å². The maximum atomic E-state index is 14.5. The smallest absolute Gasteiger partial charge is 0.280 e. The van der Waals surface area contributed by atoms with Crippen molar-refractivity contribution in [3.05, 3.63) is 83.2 Å². The maximum Gasteiger partial charge on any atom is 0.280 e. The molecule has 0 spiro atoms. The first kappa shape index (κ1) is 16.6. The van der Waals surface area contributed by atoms with Crippen molar-refractivity contribution in [3.63, 3.8) is 0 Å². The number of rotatable bonds is 3. The van der Waals surface area contributed by atoms with E-state index in [4.69, 9.17) is 0 Å². The fourth-order valence-corrected chi connectivity index (χ4v) is 3.47. The molecule has 28 heavy (non-hydrogen) atoms. The van der Waals surface area contributed by atoms with Crippen molar-refractivity contribution in [2.45, 2.75) is 6.42 Å². The van der Waals surface area contributed by atoms with E-state index < -0.39 is 0 Å². The van der Waals surface area contributed by atoms with Crippen molar-refractivity contribution in [1.82, 2.24) is 14.8 Å². The topological polar surface area (TPSA) is 51.0 Å². The highest BCUT2D eigenvalue weighted by Gasteiger charge is 2.17. The number of hydrogen-bond acceptors (Lipinski definition) is 4. The summed E-state index contributed by atoms with van der Waals surface area (Å²) in [4.78, 5) is 19.2. The Labute approximate surface area is 160 Å². The van der Waals surface area contributed by atoms with Crippen LogP contribution < -0.4 is 10.5 Å². The molecule has 1 saturated heterocycles. The highest BCUT2D eigenvalue weighted by molar-refractivity contribution is 5.86. The second kappa shape index (κ2) is 6.56. The molecule has 0 unspecified atom stereocenters. The number of pyridine rings is 1. The Kier molecular flexibility index (Phi) is 3.90. The summed E-state index contributed by atoms with van der Waals surface area (Å²) in [6.45, 7) is 2.00. The summed E-state index contributed by atoms with van der Waals surface area (Å²) < 4.78 is 15.8. The summed E-state index contributed by atoms with van der Waals surface area (Å²) in [7, 11) is 0. The molecule has 5 nitrogen and oxygen atoms in total.